The zero-order valence-electron chi connectivity index (χ0n) is 21.3. The number of benzene rings is 4. The molecule has 2 heterocycles. The summed E-state index contributed by atoms with van der Waals surface area (Å²) in [7, 11) is 0. The molecule has 0 unspecified atom stereocenters. The van der Waals surface area contributed by atoms with Gasteiger partial charge in [-0.1, -0.05) is 103 Å². The molecule has 0 saturated carbocycles. The van der Waals surface area contributed by atoms with Gasteiger partial charge in [0.05, 0.1) is 17.0 Å². The summed E-state index contributed by atoms with van der Waals surface area (Å²) in [5.41, 5.74) is 7.06. The largest absolute Gasteiger partial charge is 0.455 e. The quantitative estimate of drug-likeness (QED) is 0.225. The van der Waals surface area contributed by atoms with Crippen molar-refractivity contribution in [3.05, 3.63) is 132 Å². The predicted octanol–water partition coefficient (Wildman–Crippen LogP) is 8.68. The highest BCUT2D eigenvalue weighted by Gasteiger charge is 2.31. The van der Waals surface area contributed by atoms with Gasteiger partial charge in [-0.05, 0) is 53.1 Å². The SMILES string of the molecule is CC1=NN(c2ccccc2)C(=O)C1=Cc1c2oc(-c3ccccc3)cc(-c3ccccc3)c-2c2ccccc12. The molecule has 4 nitrogen and oxygen atoms in total. The van der Waals surface area contributed by atoms with Crippen molar-refractivity contribution in [1.29, 1.82) is 0 Å². The van der Waals surface area contributed by atoms with Gasteiger partial charge in [-0.2, -0.15) is 10.1 Å². The second-order valence-corrected chi connectivity index (χ2v) is 9.62. The average Bonchev–Trinajstić information content (AvgIpc) is 3.47. The molecule has 2 aliphatic heterocycles. The molecule has 0 N–H and O–H groups in total. The number of carbonyl (C=O) groups is 1. The Hall–Kier alpha value is -5.22. The Kier molecular flexibility index (Phi) is 5.45. The highest BCUT2D eigenvalue weighted by molar-refractivity contribution is 6.33. The van der Waals surface area contributed by atoms with E-state index >= 15 is 0 Å². The van der Waals surface area contributed by atoms with Crippen LogP contribution in [0, 0.1) is 0 Å². The molecule has 3 aliphatic rings. The Bertz CT molecular complexity index is 1870. The Balaban J connectivity index is 1.49. The van der Waals surface area contributed by atoms with E-state index in [1.165, 1.54) is 5.01 Å². The second kappa shape index (κ2) is 9.26. The fourth-order valence-corrected chi connectivity index (χ4v) is 5.34. The number of hydrogen-bond donors (Lipinski definition) is 0. The molecule has 0 saturated heterocycles. The van der Waals surface area contributed by atoms with Crippen molar-refractivity contribution in [2.45, 2.75) is 6.92 Å². The first kappa shape index (κ1) is 22.9. The van der Waals surface area contributed by atoms with Gasteiger partial charge < -0.3 is 4.42 Å². The smallest absolute Gasteiger partial charge is 0.280 e. The Morgan fingerprint density at radius 1 is 0.718 bits per heavy atom. The molecule has 0 aromatic heterocycles. The van der Waals surface area contributed by atoms with Crippen LogP contribution in [0.4, 0.5) is 5.69 Å². The maximum absolute atomic E-state index is 13.6. The molecule has 186 valence electrons. The first-order chi connectivity index (χ1) is 19.2. The highest BCUT2D eigenvalue weighted by atomic mass is 16.3. The van der Waals surface area contributed by atoms with E-state index in [0.717, 1.165) is 55.8 Å². The van der Waals surface area contributed by atoms with E-state index in [2.05, 4.69) is 59.7 Å². The van der Waals surface area contributed by atoms with Crippen LogP contribution in [0.15, 0.2) is 136 Å². The van der Waals surface area contributed by atoms with Crippen LogP contribution in [-0.2, 0) is 4.79 Å². The molecule has 4 aromatic rings. The molecule has 39 heavy (non-hydrogen) atoms. The standard InChI is InChI=1S/C35H24N2O2/c1-23-29(35(38)37(36-23)26-17-9-4-10-18-26)21-31-27-19-11-12-20-28(27)33-30(24-13-5-2-6-14-24)22-32(39-34(31)33)25-15-7-3-8-16-25/h2-22H,1H3. The van der Waals surface area contributed by atoms with Crippen LogP contribution in [0.1, 0.15) is 12.5 Å². The number of anilines is 1. The lowest BCUT2D eigenvalue weighted by Crippen LogP contribution is -2.21. The van der Waals surface area contributed by atoms with Gasteiger partial charge in [0.1, 0.15) is 11.5 Å². The summed E-state index contributed by atoms with van der Waals surface area (Å²) in [4.78, 5) is 13.6. The third-order valence-corrected chi connectivity index (χ3v) is 7.21. The van der Waals surface area contributed by atoms with Gasteiger partial charge in [-0.15, -0.1) is 0 Å². The fraction of sp³-hybridized carbons (Fsp3) is 0.0286. The molecule has 0 bridgehead atoms. The number of fused-ring (bicyclic) bond motifs is 3. The average molecular weight is 505 g/mol. The van der Waals surface area contributed by atoms with E-state index in [9.17, 15) is 4.79 Å². The molecule has 1 amide bonds. The number of hydrogen-bond acceptors (Lipinski definition) is 3. The van der Waals surface area contributed by atoms with Crippen LogP contribution < -0.4 is 5.01 Å². The minimum absolute atomic E-state index is 0.153. The van der Waals surface area contributed by atoms with E-state index in [-0.39, 0.29) is 5.91 Å². The second-order valence-electron chi connectivity index (χ2n) is 9.62. The van der Waals surface area contributed by atoms with Gasteiger partial charge in [-0.25, -0.2) is 0 Å². The Morgan fingerprint density at radius 2 is 1.31 bits per heavy atom. The molecule has 4 aromatic carbocycles. The minimum atomic E-state index is -0.153. The Morgan fingerprint density at radius 3 is 2.00 bits per heavy atom. The topological polar surface area (TPSA) is 45.8 Å². The van der Waals surface area contributed by atoms with Crippen LogP contribution in [0.25, 0.3) is 50.6 Å². The van der Waals surface area contributed by atoms with E-state index in [0.29, 0.717) is 11.3 Å². The van der Waals surface area contributed by atoms with Crippen molar-refractivity contribution in [3.63, 3.8) is 0 Å². The summed E-state index contributed by atoms with van der Waals surface area (Å²) in [6, 6.07) is 40.4. The first-order valence-electron chi connectivity index (χ1n) is 12.9. The maximum atomic E-state index is 13.6. The third kappa shape index (κ3) is 3.85. The van der Waals surface area contributed by atoms with Crippen molar-refractivity contribution in [2.75, 3.05) is 5.01 Å². The first-order valence-corrected chi connectivity index (χ1v) is 12.9. The molecular weight excluding hydrogens is 480 g/mol. The Labute approximate surface area is 226 Å². The van der Waals surface area contributed by atoms with E-state index in [1.807, 2.05) is 79.7 Å². The van der Waals surface area contributed by atoms with Crippen molar-refractivity contribution >= 4 is 34.2 Å². The van der Waals surface area contributed by atoms with Crippen LogP contribution >= 0.6 is 0 Å². The molecule has 0 spiro atoms. The lowest BCUT2D eigenvalue weighted by atomic mass is 9.96. The number of rotatable bonds is 4. The van der Waals surface area contributed by atoms with Crippen LogP contribution in [0.5, 0.6) is 0 Å². The number of carbonyl (C=O) groups excluding carboxylic acids is 1. The van der Waals surface area contributed by atoms with E-state index in [1.54, 1.807) is 0 Å². The fourth-order valence-electron chi connectivity index (χ4n) is 5.34. The van der Waals surface area contributed by atoms with Crippen molar-refractivity contribution in [1.82, 2.24) is 0 Å². The summed E-state index contributed by atoms with van der Waals surface area (Å²) in [5, 5.41) is 8.18. The summed E-state index contributed by atoms with van der Waals surface area (Å²) in [6.07, 6.45) is 1.95. The predicted molar refractivity (Wildman–Crippen MR) is 159 cm³/mol. The molecule has 4 heteroatoms. The van der Waals surface area contributed by atoms with Gasteiger partial charge in [0, 0.05) is 16.7 Å². The lowest BCUT2D eigenvalue weighted by Gasteiger charge is -2.14. The van der Waals surface area contributed by atoms with Gasteiger partial charge in [0.15, 0.2) is 0 Å². The molecule has 7 rings (SSSR count). The van der Waals surface area contributed by atoms with Gasteiger partial charge in [0.25, 0.3) is 5.91 Å². The maximum Gasteiger partial charge on any atom is 0.280 e. The van der Waals surface area contributed by atoms with Crippen molar-refractivity contribution in [3.8, 4) is 33.8 Å². The molecule has 0 atom stereocenters. The molecule has 0 radical (unpaired) electrons. The summed E-state index contributed by atoms with van der Waals surface area (Å²) in [5.74, 6) is 1.37. The summed E-state index contributed by atoms with van der Waals surface area (Å²) >= 11 is 0. The number of para-hydroxylation sites is 1. The van der Waals surface area contributed by atoms with Crippen molar-refractivity contribution < 1.29 is 9.21 Å². The van der Waals surface area contributed by atoms with E-state index < -0.39 is 0 Å². The lowest BCUT2D eigenvalue weighted by molar-refractivity contribution is -0.114. The number of hydrazone groups is 1. The van der Waals surface area contributed by atoms with Crippen LogP contribution in [-0.4, -0.2) is 11.6 Å². The zero-order chi connectivity index (χ0) is 26.3. The molecule has 0 fully saturated rings. The van der Waals surface area contributed by atoms with Gasteiger partial charge >= 0.3 is 0 Å². The summed E-state index contributed by atoms with van der Waals surface area (Å²) < 4.78 is 6.71. The van der Waals surface area contributed by atoms with Crippen LogP contribution in [0.2, 0.25) is 0 Å². The molecule has 1 aliphatic carbocycles. The van der Waals surface area contributed by atoms with Gasteiger partial charge in [0.2, 0.25) is 0 Å². The highest BCUT2D eigenvalue weighted by Crippen LogP contribution is 2.48. The number of nitrogens with zero attached hydrogens (tertiary/aromatic N) is 2. The minimum Gasteiger partial charge on any atom is -0.455 e. The van der Waals surface area contributed by atoms with E-state index in [4.69, 9.17) is 4.42 Å². The van der Waals surface area contributed by atoms with Crippen molar-refractivity contribution in [2.24, 2.45) is 5.10 Å². The molecular formula is C35H24N2O2. The normalized spacial score (nSPS) is 14.5. The summed E-state index contributed by atoms with van der Waals surface area (Å²) in [6.45, 7) is 1.88. The zero-order valence-corrected chi connectivity index (χ0v) is 21.3. The number of amides is 1. The third-order valence-electron chi connectivity index (χ3n) is 7.21. The van der Waals surface area contributed by atoms with Gasteiger partial charge in [-0.3, -0.25) is 4.79 Å². The monoisotopic (exact) mass is 504 g/mol. The van der Waals surface area contributed by atoms with Crippen LogP contribution in [0.3, 0.4) is 0 Å².